The van der Waals surface area contributed by atoms with Crippen molar-refractivity contribution in [2.24, 2.45) is 5.10 Å². The molecule has 0 fully saturated rings. The van der Waals surface area contributed by atoms with Crippen molar-refractivity contribution in [3.05, 3.63) is 65.3 Å². The molecule has 0 bridgehead atoms. The van der Waals surface area contributed by atoms with Gasteiger partial charge in [0, 0.05) is 16.6 Å². The van der Waals surface area contributed by atoms with Crippen molar-refractivity contribution in [2.75, 3.05) is 12.4 Å². The summed E-state index contributed by atoms with van der Waals surface area (Å²) in [5, 5.41) is 8.29. The Morgan fingerprint density at radius 3 is 2.81 bits per heavy atom. The molecule has 2 N–H and O–H groups in total. The molecule has 2 heterocycles. The topological polar surface area (TPSA) is 75.6 Å². The lowest BCUT2D eigenvalue weighted by Gasteiger charge is -2.12. The summed E-state index contributed by atoms with van der Waals surface area (Å²) in [5.74, 6) is 0.469. The number of nitrogens with one attached hydrogen (secondary N) is 2. The first-order chi connectivity index (χ1) is 13.1. The summed E-state index contributed by atoms with van der Waals surface area (Å²) >= 11 is 7.66. The fourth-order valence-corrected chi connectivity index (χ4v) is 3.90. The molecule has 0 saturated carbocycles. The van der Waals surface area contributed by atoms with Crippen LogP contribution in [0.25, 0.3) is 10.9 Å². The summed E-state index contributed by atoms with van der Waals surface area (Å²) in [5.41, 5.74) is 5.20. The quantitative estimate of drug-likeness (QED) is 0.644. The minimum absolute atomic E-state index is 0.271. The Kier molecular flexibility index (Phi) is 4.87. The molecule has 6 nitrogen and oxygen atoms in total. The van der Waals surface area contributed by atoms with E-state index in [1.807, 2.05) is 54.6 Å². The van der Waals surface area contributed by atoms with E-state index < -0.39 is 0 Å². The predicted molar refractivity (Wildman–Crippen MR) is 109 cm³/mol. The summed E-state index contributed by atoms with van der Waals surface area (Å²) < 4.78 is 5.27. The summed E-state index contributed by atoms with van der Waals surface area (Å²) in [4.78, 5) is 16.8. The Bertz CT molecular complexity index is 1040. The van der Waals surface area contributed by atoms with Gasteiger partial charge in [-0.1, -0.05) is 41.6 Å². The maximum absolute atomic E-state index is 12.4. The summed E-state index contributed by atoms with van der Waals surface area (Å²) in [6.07, 6.45) is 0. The Morgan fingerprint density at radius 1 is 1.22 bits per heavy atom. The second-order valence-electron chi connectivity index (χ2n) is 5.79. The molecule has 3 aromatic rings. The van der Waals surface area contributed by atoms with Crippen molar-refractivity contribution in [2.45, 2.75) is 5.37 Å². The molecule has 1 aliphatic heterocycles. The fourth-order valence-electron chi connectivity index (χ4n) is 2.68. The van der Waals surface area contributed by atoms with Crippen LogP contribution in [-0.4, -0.2) is 23.0 Å². The van der Waals surface area contributed by atoms with Crippen LogP contribution in [0, 0.1) is 0 Å². The van der Waals surface area contributed by atoms with Crippen molar-refractivity contribution in [3.63, 3.8) is 0 Å². The van der Waals surface area contributed by atoms with Crippen LogP contribution in [0.2, 0.25) is 5.15 Å². The average molecular weight is 399 g/mol. The molecule has 0 spiro atoms. The molecule has 0 saturated heterocycles. The number of nitrogens with zero attached hydrogens (tertiary/aromatic N) is 2. The fraction of sp³-hybridized carbons (Fsp3) is 0.105. The second-order valence-corrected chi connectivity index (χ2v) is 7.24. The molecule has 136 valence electrons. The third kappa shape index (κ3) is 3.70. The SMILES string of the molecule is COc1ccc2nc(Cl)c(C3NN=C(C(=O)Nc4ccccc4)S3)cc2c1. The third-order valence-corrected chi connectivity index (χ3v) is 5.42. The van der Waals surface area contributed by atoms with Crippen molar-refractivity contribution in [1.29, 1.82) is 0 Å². The molecule has 4 rings (SSSR count). The average Bonchev–Trinajstić information content (AvgIpc) is 3.18. The Morgan fingerprint density at radius 2 is 2.04 bits per heavy atom. The van der Waals surface area contributed by atoms with Gasteiger partial charge in [-0.15, -0.1) is 0 Å². The molecule has 1 aromatic heterocycles. The van der Waals surface area contributed by atoms with E-state index in [0.29, 0.717) is 15.9 Å². The van der Waals surface area contributed by atoms with Crippen molar-refractivity contribution in [3.8, 4) is 5.75 Å². The Balaban J connectivity index is 1.53. The monoisotopic (exact) mass is 398 g/mol. The number of carbonyl (C=O) groups excluding carboxylic acids is 1. The van der Waals surface area contributed by atoms with Crippen molar-refractivity contribution in [1.82, 2.24) is 10.4 Å². The maximum Gasteiger partial charge on any atom is 0.282 e. The molecular formula is C19H15ClN4O2S. The van der Waals surface area contributed by atoms with Gasteiger partial charge in [-0.25, -0.2) is 4.98 Å². The number of hydrogen-bond donors (Lipinski definition) is 2. The summed E-state index contributed by atoms with van der Waals surface area (Å²) in [7, 11) is 1.62. The smallest absolute Gasteiger partial charge is 0.282 e. The van der Waals surface area contributed by atoms with Gasteiger partial charge in [-0.2, -0.15) is 5.10 Å². The van der Waals surface area contributed by atoms with Crippen LogP contribution in [-0.2, 0) is 4.79 Å². The highest BCUT2D eigenvalue weighted by atomic mass is 35.5. The zero-order chi connectivity index (χ0) is 18.8. The number of amides is 1. The number of hydrazone groups is 1. The molecule has 1 unspecified atom stereocenters. The van der Waals surface area contributed by atoms with E-state index >= 15 is 0 Å². The van der Waals surface area contributed by atoms with Gasteiger partial charge in [0.05, 0.1) is 12.6 Å². The van der Waals surface area contributed by atoms with E-state index in [1.54, 1.807) is 7.11 Å². The lowest BCUT2D eigenvalue weighted by molar-refractivity contribution is -0.110. The number of pyridine rings is 1. The number of thioether (sulfide) groups is 1. The number of halogens is 1. The van der Waals surface area contributed by atoms with Crippen LogP contribution in [0.5, 0.6) is 5.75 Å². The van der Waals surface area contributed by atoms with E-state index in [0.717, 1.165) is 22.2 Å². The van der Waals surface area contributed by atoms with E-state index in [2.05, 4.69) is 20.8 Å². The highest BCUT2D eigenvalue weighted by Gasteiger charge is 2.28. The second kappa shape index (κ2) is 7.46. The van der Waals surface area contributed by atoms with Crippen LogP contribution in [0.1, 0.15) is 10.9 Å². The van der Waals surface area contributed by atoms with Crippen LogP contribution < -0.4 is 15.5 Å². The zero-order valence-electron chi connectivity index (χ0n) is 14.3. The number of hydrogen-bond acceptors (Lipinski definition) is 6. The summed E-state index contributed by atoms with van der Waals surface area (Å²) in [6, 6.07) is 16.8. The van der Waals surface area contributed by atoms with E-state index in [9.17, 15) is 4.79 Å². The van der Waals surface area contributed by atoms with Gasteiger partial charge in [-0.05, 0) is 36.4 Å². The number of aromatic nitrogens is 1. The third-order valence-electron chi connectivity index (χ3n) is 4.02. The first kappa shape index (κ1) is 17.6. The van der Waals surface area contributed by atoms with Gasteiger partial charge in [0.25, 0.3) is 5.91 Å². The van der Waals surface area contributed by atoms with Crippen LogP contribution in [0.15, 0.2) is 59.7 Å². The zero-order valence-corrected chi connectivity index (χ0v) is 15.8. The number of carbonyl (C=O) groups is 1. The number of rotatable bonds is 4. The molecular weight excluding hydrogens is 384 g/mol. The molecule has 1 aliphatic rings. The van der Waals surface area contributed by atoms with Gasteiger partial charge < -0.3 is 10.1 Å². The lowest BCUT2D eigenvalue weighted by atomic mass is 10.1. The highest BCUT2D eigenvalue weighted by Crippen LogP contribution is 2.37. The van der Waals surface area contributed by atoms with Crippen molar-refractivity contribution < 1.29 is 9.53 Å². The van der Waals surface area contributed by atoms with E-state index in [-0.39, 0.29) is 11.3 Å². The Labute approximate surface area is 165 Å². The van der Waals surface area contributed by atoms with Gasteiger partial charge >= 0.3 is 0 Å². The normalized spacial score (nSPS) is 15.9. The van der Waals surface area contributed by atoms with Crippen LogP contribution >= 0.6 is 23.4 Å². The minimum Gasteiger partial charge on any atom is -0.497 e. The largest absolute Gasteiger partial charge is 0.497 e. The standard InChI is InChI=1S/C19H15ClN4O2S/c1-26-13-7-8-15-11(9-13)10-14(16(20)22-15)18-23-24-19(27-18)17(25)21-12-5-3-2-4-6-12/h2-10,18,23H,1H3,(H,21,25). The van der Waals surface area contributed by atoms with Crippen LogP contribution in [0.3, 0.4) is 0 Å². The van der Waals surface area contributed by atoms with E-state index in [4.69, 9.17) is 16.3 Å². The molecule has 8 heteroatoms. The molecule has 0 aliphatic carbocycles. The van der Waals surface area contributed by atoms with Crippen molar-refractivity contribution >= 4 is 50.9 Å². The first-order valence-electron chi connectivity index (χ1n) is 8.14. The van der Waals surface area contributed by atoms with Crippen LogP contribution in [0.4, 0.5) is 5.69 Å². The molecule has 27 heavy (non-hydrogen) atoms. The maximum atomic E-state index is 12.4. The van der Waals surface area contributed by atoms with Gasteiger partial charge in [0.15, 0.2) is 5.04 Å². The van der Waals surface area contributed by atoms with Gasteiger partial charge in [0.2, 0.25) is 0 Å². The minimum atomic E-state index is -0.294. The first-order valence-corrected chi connectivity index (χ1v) is 9.40. The number of methoxy groups -OCH3 is 1. The number of benzene rings is 2. The molecule has 1 amide bonds. The molecule has 2 aromatic carbocycles. The lowest BCUT2D eigenvalue weighted by Crippen LogP contribution is -2.19. The number of ether oxygens (including phenoxy) is 1. The van der Waals surface area contributed by atoms with Gasteiger partial charge in [0.1, 0.15) is 16.3 Å². The Hall–Kier alpha value is -2.77. The number of anilines is 1. The predicted octanol–water partition coefficient (Wildman–Crippen LogP) is 4.18. The highest BCUT2D eigenvalue weighted by molar-refractivity contribution is 8.16. The van der Waals surface area contributed by atoms with E-state index in [1.165, 1.54) is 11.8 Å². The molecule has 0 radical (unpaired) electrons. The number of para-hydroxylation sites is 1. The summed E-state index contributed by atoms with van der Waals surface area (Å²) in [6.45, 7) is 0. The number of fused-ring (bicyclic) bond motifs is 1. The van der Waals surface area contributed by atoms with Gasteiger partial charge in [-0.3, -0.25) is 10.2 Å². The molecule has 1 atom stereocenters.